The van der Waals surface area contributed by atoms with E-state index in [0.29, 0.717) is 12.1 Å². The minimum Gasteiger partial charge on any atom is -0.478 e. The summed E-state index contributed by atoms with van der Waals surface area (Å²) in [5, 5.41) is 10.1. The van der Waals surface area contributed by atoms with Gasteiger partial charge in [0.1, 0.15) is 5.82 Å². The van der Waals surface area contributed by atoms with Crippen LogP contribution >= 0.6 is 0 Å². The van der Waals surface area contributed by atoms with Gasteiger partial charge in [0, 0.05) is 29.3 Å². The van der Waals surface area contributed by atoms with E-state index in [-0.39, 0.29) is 17.1 Å². The molecule has 3 N–H and O–H groups in total. The molecule has 2 aromatic carbocycles. The van der Waals surface area contributed by atoms with E-state index in [1.54, 1.807) is 36.5 Å². The molecule has 0 atom stereocenters. The normalized spacial score (nSPS) is 10.9. The maximum absolute atomic E-state index is 13.2. The minimum absolute atomic E-state index is 0.112. The summed E-state index contributed by atoms with van der Waals surface area (Å²) in [5.74, 6) is -1.35. The van der Waals surface area contributed by atoms with Crippen LogP contribution in [0.15, 0.2) is 48.7 Å². The van der Waals surface area contributed by atoms with Gasteiger partial charge in [-0.15, -0.1) is 0 Å². The van der Waals surface area contributed by atoms with Crippen LogP contribution in [0.2, 0.25) is 0 Å². The van der Waals surface area contributed by atoms with Gasteiger partial charge in [-0.2, -0.15) is 0 Å². The minimum atomic E-state index is -1.05. The molecule has 0 saturated carbocycles. The van der Waals surface area contributed by atoms with Crippen molar-refractivity contribution in [2.45, 2.75) is 6.54 Å². The molecule has 0 aliphatic heterocycles. The molecular formula is C16H13FN2O2. The van der Waals surface area contributed by atoms with Crippen molar-refractivity contribution in [1.82, 2.24) is 4.57 Å². The zero-order valence-corrected chi connectivity index (χ0v) is 11.1. The van der Waals surface area contributed by atoms with Crippen molar-refractivity contribution in [2.24, 2.45) is 0 Å². The smallest absolute Gasteiger partial charge is 0.338 e. The molecule has 0 aliphatic rings. The van der Waals surface area contributed by atoms with Crippen LogP contribution in [0.3, 0.4) is 0 Å². The van der Waals surface area contributed by atoms with Gasteiger partial charge in [0.15, 0.2) is 0 Å². The maximum Gasteiger partial charge on any atom is 0.338 e. The number of carbonyl (C=O) groups is 1. The summed E-state index contributed by atoms with van der Waals surface area (Å²) in [6.45, 7) is 0.363. The maximum atomic E-state index is 13.2. The Bertz CT molecular complexity index is 839. The van der Waals surface area contributed by atoms with Gasteiger partial charge in [-0.05, 0) is 35.9 Å². The van der Waals surface area contributed by atoms with E-state index in [0.717, 1.165) is 10.9 Å². The van der Waals surface area contributed by atoms with Crippen molar-refractivity contribution in [1.29, 1.82) is 0 Å². The van der Waals surface area contributed by atoms with E-state index in [9.17, 15) is 14.3 Å². The number of hydrogen-bond acceptors (Lipinski definition) is 2. The van der Waals surface area contributed by atoms with Crippen LogP contribution in [-0.2, 0) is 6.54 Å². The van der Waals surface area contributed by atoms with Crippen molar-refractivity contribution in [3.63, 3.8) is 0 Å². The number of halogens is 1. The van der Waals surface area contributed by atoms with Crippen LogP contribution in [0.25, 0.3) is 10.9 Å². The van der Waals surface area contributed by atoms with Gasteiger partial charge in [-0.25, -0.2) is 9.18 Å². The molecule has 1 heterocycles. The molecule has 0 saturated heterocycles. The molecular weight excluding hydrogens is 271 g/mol. The Morgan fingerprint density at radius 3 is 2.81 bits per heavy atom. The van der Waals surface area contributed by atoms with Gasteiger partial charge in [-0.1, -0.05) is 12.1 Å². The average molecular weight is 284 g/mol. The second kappa shape index (κ2) is 4.94. The van der Waals surface area contributed by atoms with Crippen molar-refractivity contribution >= 4 is 22.6 Å². The van der Waals surface area contributed by atoms with Crippen LogP contribution in [-0.4, -0.2) is 15.6 Å². The van der Waals surface area contributed by atoms with Crippen LogP contribution in [0.1, 0.15) is 15.9 Å². The zero-order chi connectivity index (χ0) is 15.0. The first-order chi connectivity index (χ1) is 10.1. The second-order valence-corrected chi connectivity index (χ2v) is 4.83. The van der Waals surface area contributed by atoms with Gasteiger partial charge in [-0.3, -0.25) is 0 Å². The lowest BCUT2D eigenvalue weighted by Crippen LogP contribution is -2.09. The standard InChI is InChI=1S/C16H13FN2O2/c17-12-4-5-14-10(8-12)6-7-19(14)9-11-2-1-3-13(18)15(11)16(20)21/h1-8H,9,18H2,(H,20,21). The number of nitrogen functional groups attached to an aromatic ring is 1. The quantitative estimate of drug-likeness (QED) is 0.726. The van der Waals surface area contributed by atoms with Crippen LogP contribution in [0.4, 0.5) is 10.1 Å². The fourth-order valence-corrected chi connectivity index (χ4v) is 2.50. The Labute approximate surface area is 120 Å². The molecule has 1 aromatic heterocycles. The van der Waals surface area contributed by atoms with Gasteiger partial charge in [0.25, 0.3) is 0 Å². The number of nitrogens with zero attached hydrogens (tertiary/aromatic N) is 1. The van der Waals surface area contributed by atoms with Gasteiger partial charge < -0.3 is 15.4 Å². The first-order valence-electron chi connectivity index (χ1n) is 6.41. The zero-order valence-electron chi connectivity index (χ0n) is 11.1. The summed E-state index contributed by atoms with van der Waals surface area (Å²) in [4.78, 5) is 11.3. The van der Waals surface area contributed by atoms with E-state index < -0.39 is 5.97 Å². The first kappa shape index (κ1) is 13.2. The lowest BCUT2D eigenvalue weighted by molar-refractivity contribution is 0.0697. The van der Waals surface area contributed by atoms with E-state index in [4.69, 9.17) is 5.73 Å². The van der Waals surface area contributed by atoms with E-state index >= 15 is 0 Å². The van der Waals surface area contributed by atoms with Crippen LogP contribution < -0.4 is 5.73 Å². The number of nitrogens with two attached hydrogens (primary N) is 1. The molecule has 5 heteroatoms. The summed E-state index contributed by atoms with van der Waals surface area (Å²) in [6.07, 6.45) is 1.80. The predicted octanol–water partition coefficient (Wildman–Crippen LogP) is 3.11. The molecule has 4 nitrogen and oxygen atoms in total. The van der Waals surface area contributed by atoms with Gasteiger partial charge in [0.2, 0.25) is 0 Å². The molecule has 0 unspecified atom stereocenters. The average Bonchev–Trinajstić information content (AvgIpc) is 2.80. The molecule has 0 spiro atoms. The SMILES string of the molecule is Nc1cccc(Cn2ccc3cc(F)ccc32)c1C(=O)O. The number of rotatable bonds is 3. The highest BCUT2D eigenvalue weighted by atomic mass is 19.1. The Morgan fingerprint density at radius 2 is 2.05 bits per heavy atom. The highest BCUT2D eigenvalue weighted by Crippen LogP contribution is 2.22. The molecule has 0 radical (unpaired) electrons. The third-order valence-electron chi connectivity index (χ3n) is 3.47. The van der Waals surface area contributed by atoms with Crippen molar-refractivity contribution < 1.29 is 14.3 Å². The van der Waals surface area contributed by atoms with Crippen molar-refractivity contribution in [3.05, 3.63) is 65.6 Å². The molecule has 106 valence electrons. The van der Waals surface area contributed by atoms with Crippen LogP contribution in [0.5, 0.6) is 0 Å². The number of aromatic carboxylic acids is 1. The molecule has 0 aliphatic carbocycles. The fraction of sp³-hybridized carbons (Fsp3) is 0.0625. The van der Waals surface area contributed by atoms with Crippen molar-refractivity contribution in [2.75, 3.05) is 5.73 Å². The highest BCUT2D eigenvalue weighted by Gasteiger charge is 2.14. The third kappa shape index (κ3) is 2.33. The number of aromatic nitrogens is 1. The molecule has 0 fully saturated rings. The molecule has 3 aromatic rings. The monoisotopic (exact) mass is 284 g/mol. The van der Waals surface area contributed by atoms with E-state index in [1.165, 1.54) is 12.1 Å². The summed E-state index contributed by atoms with van der Waals surface area (Å²) in [7, 11) is 0. The number of fused-ring (bicyclic) bond motifs is 1. The van der Waals surface area contributed by atoms with Gasteiger partial charge in [0.05, 0.1) is 5.56 Å². The number of anilines is 1. The second-order valence-electron chi connectivity index (χ2n) is 4.83. The Hall–Kier alpha value is -2.82. The molecule has 0 amide bonds. The summed E-state index contributed by atoms with van der Waals surface area (Å²) < 4.78 is 15.1. The lowest BCUT2D eigenvalue weighted by Gasteiger charge is -2.10. The summed E-state index contributed by atoms with van der Waals surface area (Å²) in [6, 6.07) is 11.3. The topological polar surface area (TPSA) is 68.2 Å². The Balaban J connectivity index is 2.07. The largest absolute Gasteiger partial charge is 0.478 e. The van der Waals surface area contributed by atoms with E-state index in [1.807, 2.05) is 4.57 Å². The third-order valence-corrected chi connectivity index (χ3v) is 3.47. The van der Waals surface area contributed by atoms with Gasteiger partial charge >= 0.3 is 5.97 Å². The summed E-state index contributed by atoms with van der Waals surface area (Å²) in [5.41, 5.74) is 7.55. The highest BCUT2D eigenvalue weighted by molar-refractivity contribution is 5.95. The number of benzene rings is 2. The molecule has 3 rings (SSSR count). The summed E-state index contributed by atoms with van der Waals surface area (Å²) >= 11 is 0. The van der Waals surface area contributed by atoms with Crippen LogP contribution in [0, 0.1) is 5.82 Å². The number of carboxylic acid groups (broad SMARTS) is 1. The van der Waals surface area contributed by atoms with Crippen molar-refractivity contribution in [3.8, 4) is 0 Å². The Morgan fingerprint density at radius 1 is 1.24 bits per heavy atom. The fourth-order valence-electron chi connectivity index (χ4n) is 2.50. The Kier molecular flexibility index (Phi) is 3.10. The molecule has 21 heavy (non-hydrogen) atoms. The lowest BCUT2D eigenvalue weighted by atomic mass is 10.1. The predicted molar refractivity (Wildman–Crippen MR) is 78.8 cm³/mol. The van der Waals surface area contributed by atoms with E-state index in [2.05, 4.69) is 0 Å². The molecule has 0 bridgehead atoms. The number of hydrogen-bond donors (Lipinski definition) is 2. The first-order valence-corrected chi connectivity index (χ1v) is 6.41. The number of carboxylic acids is 1.